The predicted octanol–water partition coefficient (Wildman–Crippen LogP) is 2.97. The van der Waals surface area contributed by atoms with Crippen molar-refractivity contribution in [2.45, 2.75) is 38.5 Å². The molecule has 1 aromatic heterocycles. The molecule has 0 radical (unpaired) electrons. The number of nitrogens with one attached hydrogen (secondary N) is 1. The smallest absolute Gasteiger partial charge is 0.233 e. The van der Waals surface area contributed by atoms with Crippen molar-refractivity contribution in [1.29, 1.82) is 0 Å². The lowest BCUT2D eigenvalue weighted by atomic mass is 9.79. The lowest BCUT2D eigenvalue weighted by Crippen LogP contribution is -2.42. The van der Waals surface area contributed by atoms with Crippen LogP contribution in [0, 0.1) is 5.41 Å². The topological polar surface area (TPSA) is 68.0 Å². The highest BCUT2D eigenvalue weighted by atomic mass is 35.5. The van der Waals surface area contributed by atoms with Crippen LogP contribution in [0.3, 0.4) is 0 Å². The Morgan fingerprint density at radius 3 is 2.58 bits per heavy atom. The van der Waals surface area contributed by atoms with Gasteiger partial charge in [-0.05, 0) is 25.0 Å². The minimum Gasteiger partial charge on any atom is -0.329 e. The molecule has 2 rings (SSSR count). The molecule has 19 heavy (non-hydrogen) atoms. The van der Waals surface area contributed by atoms with Gasteiger partial charge in [0.25, 0.3) is 0 Å². The number of pyridine rings is 1. The first-order valence-electron chi connectivity index (χ1n) is 6.80. The number of aromatic nitrogens is 1. The van der Waals surface area contributed by atoms with E-state index in [1.807, 2.05) is 0 Å². The van der Waals surface area contributed by atoms with Gasteiger partial charge in [-0.2, -0.15) is 0 Å². The van der Waals surface area contributed by atoms with Crippen molar-refractivity contribution in [2.75, 3.05) is 11.9 Å². The summed E-state index contributed by atoms with van der Waals surface area (Å²) in [6, 6.07) is 5.19. The third kappa shape index (κ3) is 3.45. The first-order valence-corrected chi connectivity index (χ1v) is 7.18. The van der Waals surface area contributed by atoms with Crippen LogP contribution >= 0.6 is 11.6 Å². The standard InChI is InChI=1S/C14H20ClN3O/c15-11-6-5-7-12(17-11)18-13(19)14(10-16)8-3-1-2-4-9-14/h5-7H,1-4,8-10,16H2,(H,17,18,19). The number of hydrogen-bond acceptors (Lipinski definition) is 3. The van der Waals surface area contributed by atoms with Gasteiger partial charge >= 0.3 is 0 Å². The second-order valence-corrected chi connectivity index (χ2v) is 5.59. The van der Waals surface area contributed by atoms with Crippen molar-refractivity contribution in [3.8, 4) is 0 Å². The number of nitrogens with two attached hydrogens (primary N) is 1. The second-order valence-electron chi connectivity index (χ2n) is 5.20. The van der Waals surface area contributed by atoms with E-state index in [9.17, 15) is 4.79 Å². The highest BCUT2D eigenvalue weighted by Gasteiger charge is 2.37. The third-order valence-corrected chi connectivity index (χ3v) is 4.10. The van der Waals surface area contributed by atoms with E-state index < -0.39 is 5.41 Å². The van der Waals surface area contributed by atoms with Gasteiger partial charge in [0, 0.05) is 6.54 Å². The van der Waals surface area contributed by atoms with Crippen LogP contribution < -0.4 is 11.1 Å². The maximum atomic E-state index is 12.5. The molecular weight excluding hydrogens is 262 g/mol. The van der Waals surface area contributed by atoms with E-state index in [-0.39, 0.29) is 5.91 Å². The van der Waals surface area contributed by atoms with E-state index in [4.69, 9.17) is 17.3 Å². The fourth-order valence-corrected chi connectivity index (χ4v) is 2.82. The van der Waals surface area contributed by atoms with Crippen LogP contribution in [0.4, 0.5) is 5.82 Å². The van der Waals surface area contributed by atoms with Gasteiger partial charge < -0.3 is 11.1 Å². The first-order chi connectivity index (χ1) is 9.16. The van der Waals surface area contributed by atoms with Gasteiger partial charge in [-0.15, -0.1) is 0 Å². The van der Waals surface area contributed by atoms with E-state index in [1.54, 1.807) is 18.2 Å². The molecule has 1 aliphatic rings. The number of halogens is 1. The summed E-state index contributed by atoms with van der Waals surface area (Å²) in [6.45, 7) is 0.388. The molecule has 1 fully saturated rings. The SMILES string of the molecule is NCC1(C(=O)Nc2cccc(Cl)n2)CCCCCC1. The molecule has 0 aromatic carbocycles. The zero-order valence-electron chi connectivity index (χ0n) is 11.0. The molecular formula is C14H20ClN3O. The first kappa shape index (κ1) is 14.3. The molecule has 0 atom stereocenters. The Balaban J connectivity index is 2.12. The zero-order valence-corrected chi connectivity index (χ0v) is 11.7. The van der Waals surface area contributed by atoms with Crippen molar-refractivity contribution in [2.24, 2.45) is 11.1 Å². The molecule has 0 saturated heterocycles. The summed E-state index contributed by atoms with van der Waals surface area (Å²) in [6.07, 6.45) is 6.21. The molecule has 4 nitrogen and oxygen atoms in total. The third-order valence-electron chi connectivity index (χ3n) is 3.89. The Bertz CT molecular complexity index is 442. The molecule has 1 aromatic rings. The molecule has 1 heterocycles. The summed E-state index contributed by atoms with van der Waals surface area (Å²) in [5.41, 5.74) is 5.44. The Morgan fingerprint density at radius 1 is 1.32 bits per heavy atom. The maximum absolute atomic E-state index is 12.5. The van der Waals surface area contributed by atoms with Gasteiger partial charge in [0.1, 0.15) is 11.0 Å². The average Bonchev–Trinajstić information content (AvgIpc) is 2.65. The van der Waals surface area contributed by atoms with Gasteiger partial charge in [0.15, 0.2) is 0 Å². The van der Waals surface area contributed by atoms with Crippen molar-refractivity contribution in [3.05, 3.63) is 23.4 Å². The molecule has 1 aliphatic carbocycles. The minimum atomic E-state index is -0.444. The number of rotatable bonds is 3. The Morgan fingerprint density at radius 2 is 2.00 bits per heavy atom. The van der Waals surface area contributed by atoms with Crippen LogP contribution in [0.25, 0.3) is 0 Å². The number of carbonyl (C=O) groups is 1. The number of hydrogen-bond donors (Lipinski definition) is 2. The number of carbonyl (C=O) groups excluding carboxylic acids is 1. The molecule has 0 spiro atoms. The maximum Gasteiger partial charge on any atom is 0.233 e. The Kier molecular flexibility index (Phi) is 4.77. The molecule has 1 amide bonds. The van der Waals surface area contributed by atoms with E-state index in [0.29, 0.717) is 17.5 Å². The van der Waals surface area contributed by atoms with Crippen LogP contribution in [0.5, 0.6) is 0 Å². The van der Waals surface area contributed by atoms with Crippen molar-refractivity contribution >= 4 is 23.3 Å². The molecule has 104 valence electrons. The van der Waals surface area contributed by atoms with Crippen molar-refractivity contribution in [1.82, 2.24) is 4.98 Å². The summed E-state index contributed by atoms with van der Waals surface area (Å²) in [5, 5.41) is 3.23. The lowest BCUT2D eigenvalue weighted by Gasteiger charge is -2.29. The van der Waals surface area contributed by atoms with Gasteiger partial charge in [0.2, 0.25) is 5.91 Å². The molecule has 3 N–H and O–H groups in total. The summed E-state index contributed by atoms with van der Waals surface area (Å²) < 4.78 is 0. The van der Waals surface area contributed by atoms with Crippen LogP contribution in [-0.4, -0.2) is 17.4 Å². The summed E-state index contributed by atoms with van der Waals surface area (Å²) in [5.74, 6) is 0.473. The zero-order chi connectivity index (χ0) is 13.7. The number of anilines is 1. The lowest BCUT2D eigenvalue weighted by molar-refractivity contribution is -0.125. The summed E-state index contributed by atoms with van der Waals surface area (Å²) in [7, 11) is 0. The molecule has 5 heteroatoms. The minimum absolute atomic E-state index is 0.0216. The quantitative estimate of drug-likeness (QED) is 0.661. The van der Waals surface area contributed by atoms with Crippen molar-refractivity contribution < 1.29 is 4.79 Å². The van der Waals surface area contributed by atoms with Crippen LogP contribution in [0.1, 0.15) is 38.5 Å². The normalized spacial score (nSPS) is 18.6. The second kappa shape index (κ2) is 6.35. The monoisotopic (exact) mass is 281 g/mol. The van der Waals surface area contributed by atoms with Crippen LogP contribution in [0.15, 0.2) is 18.2 Å². The number of amides is 1. The molecule has 0 aliphatic heterocycles. The fourth-order valence-electron chi connectivity index (χ4n) is 2.66. The molecule has 0 unspecified atom stereocenters. The highest BCUT2D eigenvalue weighted by Crippen LogP contribution is 2.35. The van der Waals surface area contributed by atoms with Gasteiger partial charge in [-0.3, -0.25) is 4.79 Å². The van der Waals surface area contributed by atoms with Crippen LogP contribution in [-0.2, 0) is 4.79 Å². The summed E-state index contributed by atoms with van der Waals surface area (Å²) in [4.78, 5) is 16.6. The van der Waals surface area contributed by atoms with E-state index in [1.165, 1.54) is 12.8 Å². The predicted molar refractivity (Wildman–Crippen MR) is 77.1 cm³/mol. The van der Waals surface area contributed by atoms with E-state index >= 15 is 0 Å². The van der Waals surface area contributed by atoms with E-state index in [0.717, 1.165) is 25.7 Å². The highest BCUT2D eigenvalue weighted by molar-refractivity contribution is 6.29. The largest absolute Gasteiger partial charge is 0.329 e. The van der Waals surface area contributed by atoms with Gasteiger partial charge in [0.05, 0.1) is 5.41 Å². The van der Waals surface area contributed by atoms with Crippen LogP contribution in [0.2, 0.25) is 5.15 Å². The Hall–Kier alpha value is -1.13. The van der Waals surface area contributed by atoms with E-state index in [2.05, 4.69) is 10.3 Å². The number of nitrogens with zero attached hydrogens (tertiary/aromatic N) is 1. The molecule has 1 saturated carbocycles. The summed E-state index contributed by atoms with van der Waals surface area (Å²) >= 11 is 5.82. The van der Waals surface area contributed by atoms with Crippen molar-refractivity contribution in [3.63, 3.8) is 0 Å². The fraction of sp³-hybridized carbons (Fsp3) is 0.571. The van der Waals surface area contributed by atoms with Gasteiger partial charge in [-0.1, -0.05) is 43.4 Å². The molecule has 0 bridgehead atoms. The van der Waals surface area contributed by atoms with Gasteiger partial charge in [-0.25, -0.2) is 4.98 Å². The average molecular weight is 282 g/mol. The Labute approximate surface area is 118 Å².